The Morgan fingerprint density at radius 3 is 2.73 bits per heavy atom. The predicted molar refractivity (Wildman–Crippen MR) is 80.6 cm³/mol. The van der Waals surface area contributed by atoms with Gasteiger partial charge >= 0.3 is 5.97 Å². The third-order valence-corrected chi connectivity index (χ3v) is 4.74. The summed E-state index contributed by atoms with van der Waals surface area (Å²) in [5, 5.41) is 1.41. The quantitative estimate of drug-likeness (QED) is 0.399. The summed E-state index contributed by atoms with van der Waals surface area (Å²) in [5.41, 5.74) is 0. The predicted octanol–water partition coefficient (Wildman–Crippen LogP) is 1.45. The number of carbonyl (C=O) groups is 3. The number of imide groups is 1. The molecule has 0 N–H and O–H groups in total. The molecule has 0 aromatic carbocycles. The molecule has 0 saturated carbocycles. The lowest BCUT2D eigenvalue weighted by molar-refractivity contribution is -0.200. The molecule has 2 heterocycles. The summed E-state index contributed by atoms with van der Waals surface area (Å²) in [5.74, 6) is -1.09. The molecular weight excluding hydrogens is 328 g/mol. The maximum atomic E-state index is 11.4. The van der Waals surface area contributed by atoms with Gasteiger partial charge in [0.2, 0.25) is 0 Å². The fraction of sp³-hybridized carbons (Fsp3) is 0.385. The average Bonchev–Trinajstić information content (AvgIpc) is 2.83. The standard InChI is InChI=1S/C13H14N2O5S2/c16-11-4-5-12(17)15(11)20-13(18)9-19-7-8-21-22-10-3-1-2-6-14-10/h1-3,6H,4-5,7-9H2. The van der Waals surface area contributed by atoms with Gasteiger partial charge in [0.25, 0.3) is 11.8 Å². The fourth-order valence-electron chi connectivity index (χ4n) is 1.53. The Bertz CT molecular complexity index is 524. The molecule has 9 heteroatoms. The lowest BCUT2D eigenvalue weighted by Crippen LogP contribution is -2.33. The van der Waals surface area contributed by atoms with Gasteiger partial charge in [0.1, 0.15) is 11.6 Å². The van der Waals surface area contributed by atoms with Crippen LogP contribution < -0.4 is 0 Å². The molecule has 0 spiro atoms. The van der Waals surface area contributed by atoms with Crippen molar-refractivity contribution in [3.8, 4) is 0 Å². The van der Waals surface area contributed by atoms with Crippen molar-refractivity contribution in [2.45, 2.75) is 17.9 Å². The van der Waals surface area contributed by atoms with Crippen LogP contribution >= 0.6 is 21.6 Å². The third-order valence-electron chi connectivity index (χ3n) is 2.51. The summed E-state index contributed by atoms with van der Waals surface area (Å²) >= 11 is 0. The van der Waals surface area contributed by atoms with Gasteiger partial charge in [-0.15, -0.1) is 5.06 Å². The van der Waals surface area contributed by atoms with Crippen molar-refractivity contribution in [3.05, 3.63) is 24.4 Å². The number of amides is 2. The third kappa shape index (κ3) is 5.32. The van der Waals surface area contributed by atoms with E-state index in [-0.39, 0.29) is 19.4 Å². The molecule has 1 fully saturated rings. The van der Waals surface area contributed by atoms with Gasteiger partial charge < -0.3 is 9.57 Å². The molecule has 0 unspecified atom stereocenters. The van der Waals surface area contributed by atoms with E-state index in [1.807, 2.05) is 18.2 Å². The minimum Gasteiger partial charge on any atom is -0.369 e. The van der Waals surface area contributed by atoms with Crippen LogP contribution in [0.4, 0.5) is 0 Å². The van der Waals surface area contributed by atoms with E-state index in [0.29, 0.717) is 17.4 Å². The van der Waals surface area contributed by atoms with Gasteiger partial charge in [-0.3, -0.25) is 9.59 Å². The molecule has 1 saturated heterocycles. The average molecular weight is 342 g/mol. The lowest BCUT2D eigenvalue weighted by atomic mass is 10.4. The maximum Gasteiger partial charge on any atom is 0.358 e. The van der Waals surface area contributed by atoms with E-state index in [0.717, 1.165) is 5.03 Å². The van der Waals surface area contributed by atoms with Crippen LogP contribution in [0.25, 0.3) is 0 Å². The van der Waals surface area contributed by atoms with E-state index in [9.17, 15) is 14.4 Å². The molecule has 1 aliphatic rings. The summed E-state index contributed by atoms with van der Waals surface area (Å²) in [6.45, 7) is 0.0490. The van der Waals surface area contributed by atoms with E-state index < -0.39 is 17.8 Å². The second-order valence-electron chi connectivity index (χ2n) is 4.17. The summed E-state index contributed by atoms with van der Waals surface area (Å²) in [6, 6.07) is 5.66. The minimum atomic E-state index is -0.758. The molecule has 1 aromatic rings. The number of ether oxygens (including phenoxy) is 1. The molecule has 2 rings (SSSR count). The first-order valence-electron chi connectivity index (χ1n) is 6.51. The number of hydrogen-bond acceptors (Lipinski definition) is 8. The normalized spacial score (nSPS) is 14.5. The number of rotatable bonds is 8. The maximum absolute atomic E-state index is 11.4. The smallest absolute Gasteiger partial charge is 0.358 e. The molecule has 0 radical (unpaired) electrons. The molecule has 1 aromatic heterocycles. The first-order valence-corrected chi connectivity index (χ1v) is 8.83. The Balaban J connectivity index is 1.54. The van der Waals surface area contributed by atoms with Crippen LogP contribution in [0.2, 0.25) is 0 Å². The fourth-order valence-corrected chi connectivity index (χ4v) is 3.27. The Kier molecular flexibility index (Phi) is 6.69. The van der Waals surface area contributed by atoms with Crippen molar-refractivity contribution in [1.29, 1.82) is 0 Å². The van der Waals surface area contributed by atoms with Gasteiger partial charge in [0.05, 0.1) is 6.61 Å². The van der Waals surface area contributed by atoms with Gasteiger partial charge in [-0.25, -0.2) is 9.78 Å². The van der Waals surface area contributed by atoms with Crippen LogP contribution in [-0.4, -0.2) is 46.8 Å². The first kappa shape index (κ1) is 16.8. The molecular formula is C13H14N2O5S2. The molecule has 0 aliphatic carbocycles. The van der Waals surface area contributed by atoms with Gasteiger partial charge in [-0.1, -0.05) is 16.9 Å². The molecule has 0 atom stereocenters. The van der Waals surface area contributed by atoms with E-state index in [4.69, 9.17) is 4.74 Å². The second kappa shape index (κ2) is 8.76. The molecule has 0 bridgehead atoms. The molecule has 7 nitrogen and oxygen atoms in total. The van der Waals surface area contributed by atoms with Gasteiger partial charge in [-0.2, -0.15) is 0 Å². The van der Waals surface area contributed by atoms with Crippen LogP contribution in [0.1, 0.15) is 12.8 Å². The van der Waals surface area contributed by atoms with Crippen molar-refractivity contribution in [2.75, 3.05) is 19.0 Å². The summed E-state index contributed by atoms with van der Waals surface area (Å²) in [7, 11) is 3.07. The molecule has 118 valence electrons. The van der Waals surface area contributed by atoms with Crippen molar-refractivity contribution in [3.63, 3.8) is 0 Å². The number of carbonyl (C=O) groups excluding carboxylic acids is 3. The Labute approximate surface area is 135 Å². The van der Waals surface area contributed by atoms with E-state index in [1.165, 1.54) is 10.8 Å². The highest BCUT2D eigenvalue weighted by atomic mass is 33.1. The summed E-state index contributed by atoms with van der Waals surface area (Å²) in [6.07, 6.45) is 1.87. The van der Waals surface area contributed by atoms with Crippen molar-refractivity contribution in [2.24, 2.45) is 0 Å². The zero-order valence-electron chi connectivity index (χ0n) is 11.6. The van der Waals surface area contributed by atoms with Crippen LogP contribution in [0.3, 0.4) is 0 Å². The van der Waals surface area contributed by atoms with E-state index >= 15 is 0 Å². The van der Waals surface area contributed by atoms with E-state index in [1.54, 1.807) is 17.0 Å². The lowest BCUT2D eigenvalue weighted by Gasteiger charge is -2.12. The second-order valence-corrected chi connectivity index (χ2v) is 6.61. The highest BCUT2D eigenvalue weighted by Gasteiger charge is 2.32. The van der Waals surface area contributed by atoms with Crippen molar-refractivity contribution in [1.82, 2.24) is 10.0 Å². The largest absolute Gasteiger partial charge is 0.369 e. The highest BCUT2D eigenvalue weighted by Crippen LogP contribution is 2.28. The van der Waals surface area contributed by atoms with E-state index in [2.05, 4.69) is 9.82 Å². The number of hydroxylamine groups is 2. The van der Waals surface area contributed by atoms with Crippen LogP contribution in [0.15, 0.2) is 29.4 Å². The Morgan fingerprint density at radius 2 is 2.05 bits per heavy atom. The van der Waals surface area contributed by atoms with Crippen LogP contribution in [0.5, 0.6) is 0 Å². The summed E-state index contributed by atoms with van der Waals surface area (Å²) < 4.78 is 5.14. The topological polar surface area (TPSA) is 85.8 Å². The van der Waals surface area contributed by atoms with Gasteiger partial charge in [-0.05, 0) is 22.9 Å². The van der Waals surface area contributed by atoms with Crippen molar-refractivity contribution < 1.29 is 24.0 Å². The number of aromatic nitrogens is 1. The Hall–Kier alpha value is -1.58. The Morgan fingerprint density at radius 1 is 1.27 bits per heavy atom. The SMILES string of the molecule is O=C(COCCSSc1ccccn1)ON1C(=O)CCC1=O. The van der Waals surface area contributed by atoms with Crippen molar-refractivity contribution >= 4 is 39.4 Å². The zero-order chi connectivity index (χ0) is 15.8. The van der Waals surface area contributed by atoms with Crippen LogP contribution in [0, 0.1) is 0 Å². The number of hydrogen-bond donors (Lipinski definition) is 0. The molecule has 22 heavy (non-hydrogen) atoms. The zero-order valence-corrected chi connectivity index (χ0v) is 13.2. The highest BCUT2D eigenvalue weighted by molar-refractivity contribution is 8.76. The minimum absolute atomic E-state index is 0.0777. The van der Waals surface area contributed by atoms with Crippen LogP contribution in [-0.2, 0) is 24.0 Å². The monoisotopic (exact) mass is 342 g/mol. The summed E-state index contributed by atoms with van der Waals surface area (Å²) in [4.78, 5) is 42.7. The molecule has 1 aliphatic heterocycles. The van der Waals surface area contributed by atoms with Gasteiger partial charge in [0, 0.05) is 24.8 Å². The number of pyridine rings is 1. The number of nitrogens with zero attached hydrogens (tertiary/aromatic N) is 2. The van der Waals surface area contributed by atoms with Gasteiger partial charge in [0.15, 0.2) is 0 Å². The molecule has 2 amide bonds. The first-order chi connectivity index (χ1) is 10.7.